The van der Waals surface area contributed by atoms with Crippen LogP contribution < -0.4 is 10.5 Å². The Morgan fingerprint density at radius 2 is 1.53 bits per heavy atom. The average Bonchev–Trinajstić information content (AvgIpc) is 2.78. The first-order chi connectivity index (χ1) is 14.4. The zero-order chi connectivity index (χ0) is 22.1. The molecule has 0 aliphatic carbocycles. The van der Waals surface area contributed by atoms with E-state index >= 15 is 0 Å². The third kappa shape index (κ3) is 6.46. The molecule has 2 unspecified atom stereocenters. The third-order valence-corrected chi connectivity index (χ3v) is 5.48. The van der Waals surface area contributed by atoms with Crippen molar-refractivity contribution in [3.8, 4) is 5.75 Å². The molecule has 2 aromatic rings. The molecule has 6 heteroatoms. The monoisotopic (exact) mass is 415 g/mol. The molecule has 0 aromatic heterocycles. The molecule has 2 rings (SSSR count). The van der Waals surface area contributed by atoms with Crippen LogP contribution in [0.2, 0.25) is 0 Å². The van der Waals surface area contributed by atoms with Gasteiger partial charge in [-0.15, -0.1) is 0 Å². The molecule has 0 saturated heterocycles. The predicted molar refractivity (Wildman–Crippen MR) is 117 cm³/mol. The molecule has 0 aliphatic heterocycles. The van der Waals surface area contributed by atoms with Crippen molar-refractivity contribution in [2.45, 2.75) is 52.0 Å². The van der Waals surface area contributed by atoms with Gasteiger partial charge in [0.15, 0.2) is 0 Å². The number of fused-ring (bicyclic) bond motifs is 1. The fourth-order valence-electron chi connectivity index (χ4n) is 3.03. The number of hydrogen-bond acceptors (Lipinski definition) is 6. The lowest BCUT2D eigenvalue weighted by Crippen LogP contribution is -2.38. The zero-order valence-electron chi connectivity index (χ0n) is 18.4. The van der Waals surface area contributed by atoms with Crippen LogP contribution in [0.4, 0.5) is 0 Å². The second kappa shape index (κ2) is 11.6. The van der Waals surface area contributed by atoms with Crippen molar-refractivity contribution in [2.24, 2.45) is 11.7 Å². The van der Waals surface area contributed by atoms with E-state index in [2.05, 4.69) is 0 Å². The fraction of sp³-hybridized carbons (Fsp3) is 0.500. The van der Waals surface area contributed by atoms with E-state index in [9.17, 15) is 9.59 Å². The molecule has 0 amide bonds. The number of carbonyl (C=O) groups excluding carboxylic acids is 2. The summed E-state index contributed by atoms with van der Waals surface area (Å²) >= 11 is 0. The van der Waals surface area contributed by atoms with Gasteiger partial charge in [-0.25, -0.2) is 0 Å². The van der Waals surface area contributed by atoms with Crippen LogP contribution in [0.15, 0.2) is 36.4 Å². The first kappa shape index (κ1) is 23.7. The minimum absolute atomic E-state index is 0.0945. The van der Waals surface area contributed by atoms with Crippen LogP contribution in [0, 0.1) is 5.92 Å². The number of esters is 2. The first-order valence-electron chi connectivity index (χ1n) is 10.5. The van der Waals surface area contributed by atoms with Crippen LogP contribution in [-0.2, 0) is 19.1 Å². The number of nitrogens with two attached hydrogens (primary N) is 1. The van der Waals surface area contributed by atoms with Gasteiger partial charge in [-0.05, 0) is 54.2 Å². The van der Waals surface area contributed by atoms with E-state index in [1.54, 1.807) is 7.11 Å². The summed E-state index contributed by atoms with van der Waals surface area (Å²) in [5.74, 6) is -0.0993. The van der Waals surface area contributed by atoms with Crippen LogP contribution in [0.1, 0.15) is 51.5 Å². The van der Waals surface area contributed by atoms with Gasteiger partial charge < -0.3 is 19.9 Å². The molecular weight excluding hydrogens is 382 g/mol. The summed E-state index contributed by atoms with van der Waals surface area (Å²) in [5.41, 5.74) is 6.75. The summed E-state index contributed by atoms with van der Waals surface area (Å²) in [5, 5.41) is 2.10. The van der Waals surface area contributed by atoms with E-state index in [1.165, 1.54) is 0 Å². The molecule has 0 spiro atoms. The smallest absolute Gasteiger partial charge is 0.323 e. The third-order valence-electron chi connectivity index (χ3n) is 5.48. The lowest BCUT2D eigenvalue weighted by atomic mass is 9.98. The molecule has 0 aliphatic rings. The molecule has 2 aromatic carbocycles. The van der Waals surface area contributed by atoms with Gasteiger partial charge in [0.1, 0.15) is 11.8 Å². The Kier molecular flexibility index (Phi) is 9.12. The molecule has 0 fully saturated rings. The largest absolute Gasteiger partial charge is 0.497 e. The van der Waals surface area contributed by atoms with Crippen molar-refractivity contribution < 1.29 is 23.8 Å². The number of unbranched alkanes of at least 4 members (excludes halogenated alkanes) is 1. The lowest BCUT2D eigenvalue weighted by molar-refractivity contribution is -0.148. The number of methoxy groups -OCH3 is 1. The Labute approximate surface area is 178 Å². The van der Waals surface area contributed by atoms with Gasteiger partial charge in [-0.1, -0.05) is 44.5 Å². The molecule has 0 saturated carbocycles. The van der Waals surface area contributed by atoms with E-state index in [4.69, 9.17) is 19.9 Å². The Morgan fingerprint density at radius 1 is 0.933 bits per heavy atom. The molecule has 0 heterocycles. The summed E-state index contributed by atoms with van der Waals surface area (Å²) in [4.78, 5) is 24.2. The fourth-order valence-corrected chi connectivity index (χ4v) is 3.03. The number of ether oxygens (including phenoxy) is 3. The number of hydrogen-bond donors (Lipinski definition) is 1. The highest BCUT2D eigenvalue weighted by Gasteiger charge is 2.21. The standard InChI is InChI=1S/C24H33NO5/c1-5-16(2)22(25)24(27)30-13-7-6-12-29-23(26)17(3)18-8-9-20-15-21(28-4)11-10-19(20)14-18/h8-11,14-17,22H,5-7,12-13,25H2,1-4H3/t16?,17?,22-/m0/s1. The summed E-state index contributed by atoms with van der Waals surface area (Å²) in [6.45, 7) is 6.33. The second-order valence-electron chi connectivity index (χ2n) is 7.65. The Hall–Kier alpha value is -2.60. The minimum Gasteiger partial charge on any atom is -0.497 e. The maximum absolute atomic E-state index is 12.4. The number of rotatable bonds is 11. The molecule has 30 heavy (non-hydrogen) atoms. The van der Waals surface area contributed by atoms with Gasteiger partial charge >= 0.3 is 11.9 Å². The van der Waals surface area contributed by atoms with Crippen molar-refractivity contribution in [3.63, 3.8) is 0 Å². The van der Waals surface area contributed by atoms with Gasteiger partial charge in [0.25, 0.3) is 0 Å². The van der Waals surface area contributed by atoms with E-state index in [0.29, 0.717) is 19.4 Å². The molecule has 0 bridgehead atoms. The first-order valence-corrected chi connectivity index (χ1v) is 10.5. The maximum Gasteiger partial charge on any atom is 0.323 e. The van der Waals surface area contributed by atoms with Crippen molar-refractivity contribution in [2.75, 3.05) is 20.3 Å². The van der Waals surface area contributed by atoms with Crippen LogP contribution in [0.25, 0.3) is 10.8 Å². The van der Waals surface area contributed by atoms with E-state index in [0.717, 1.165) is 28.5 Å². The summed E-state index contributed by atoms with van der Waals surface area (Å²) in [6, 6.07) is 11.2. The van der Waals surface area contributed by atoms with Crippen LogP contribution >= 0.6 is 0 Å². The van der Waals surface area contributed by atoms with Crippen LogP contribution in [0.5, 0.6) is 5.75 Å². The summed E-state index contributed by atoms with van der Waals surface area (Å²) < 4.78 is 15.8. The van der Waals surface area contributed by atoms with E-state index in [1.807, 2.05) is 57.2 Å². The molecule has 2 N–H and O–H groups in total. The highest BCUT2D eigenvalue weighted by atomic mass is 16.5. The molecule has 3 atom stereocenters. The molecule has 6 nitrogen and oxygen atoms in total. The van der Waals surface area contributed by atoms with Crippen LogP contribution in [0.3, 0.4) is 0 Å². The van der Waals surface area contributed by atoms with E-state index in [-0.39, 0.29) is 30.4 Å². The average molecular weight is 416 g/mol. The van der Waals surface area contributed by atoms with Gasteiger partial charge in [0.05, 0.1) is 26.2 Å². The van der Waals surface area contributed by atoms with Gasteiger partial charge in [-0.2, -0.15) is 0 Å². The highest BCUT2D eigenvalue weighted by molar-refractivity contribution is 5.86. The Balaban J connectivity index is 1.74. The topological polar surface area (TPSA) is 87.9 Å². The number of benzene rings is 2. The Bertz CT molecular complexity index is 851. The highest BCUT2D eigenvalue weighted by Crippen LogP contribution is 2.25. The second-order valence-corrected chi connectivity index (χ2v) is 7.65. The molecular formula is C24H33NO5. The van der Waals surface area contributed by atoms with Gasteiger partial charge in [0, 0.05) is 0 Å². The Morgan fingerprint density at radius 3 is 2.17 bits per heavy atom. The number of carbonyl (C=O) groups is 2. The summed E-state index contributed by atoms with van der Waals surface area (Å²) in [7, 11) is 1.64. The van der Waals surface area contributed by atoms with Crippen molar-refractivity contribution >= 4 is 22.7 Å². The summed E-state index contributed by atoms with van der Waals surface area (Å²) in [6.07, 6.45) is 2.08. The predicted octanol–water partition coefficient (Wildman–Crippen LogP) is 4.19. The van der Waals surface area contributed by atoms with E-state index < -0.39 is 6.04 Å². The van der Waals surface area contributed by atoms with Crippen molar-refractivity contribution in [1.82, 2.24) is 0 Å². The normalized spacial score (nSPS) is 14.0. The molecule has 164 valence electrons. The quantitative estimate of drug-likeness (QED) is 0.437. The molecule has 0 radical (unpaired) electrons. The minimum atomic E-state index is -0.586. The van der Waals surface area contributed by atoms with Gasteiger partial charge in [0.2, 0.25) is 0 Å². The van der Waals surface area contributed by atoms with Gasteiger partial charge in [-0.3, -0.25) is 9.59 Å². The SMILES string of the molecule is CCC(C)[C@H](N)C(=O)OCCCCOC(=O)C(C)c1ccc2cc(OC)ccc2c1. The zero-order valence-corrected chi connectivity index (χ0v) is 18.4. The van der Waals surface area contributed by atoms with Crippen molar-refractivity contribution in [3.05, 3.63) is 42.0 Å². The van der Waals surface area contributed by atoms with Crippen LogP contribution in [-0.4, -0.2) is 38.3 Å². The van der Waals surface area contributed by atoms with Crippen molar-refractivity contribution in [1.29, 1.82) is 0 Å². The lowest BCUT2D eigenvalue weighted by Gasteiger charge is -2.16. The maximum atomic E-state index is 12.4.